The molecule has 1 saturated heterocycles. The molecule has 1 aliphatic rings. The van der Waals surface area contributed by atoms with E-state index in [9.17, 15) is 0 Å². The number of likely N-dealkylation sites (tertiary alicyclic amines) is 1. The van der Waals surface area contributed by atoms with Crippen LogP contribution in [-0.4, -0.2) is 35.7 Å². The van der Waals surface area contributed by atoms with Crippen LogP contribution in [0.25, 0.3) is 0 Å². The van der Waals surface area contributed by atoms with E-state index < -0.39 is 0 Å². The van der Waals surface area contributed by atoms with Gasteiger partial charge in [-0.1, -0.05) is 0 Å². The van der Waals surface area contributed by atoms with Gasteiger partial charge in [-0.3, -0.25) is 0 Å². The summed E-state index contributed by atoms with van der Waals surface area (Å²) in [5.74, 6) is 0. The third-order valence-electron chi connectivity index (χ3n) is 2.29. The zero-order valence-electron chi connectivity index (χ0n) is 6.71. The van der Waals surface area contributed by atoms with Crippen LogP contribution in [0.1, 0.15) is 26.2 Å². The van der Waals surface area contributed by atoms with Crippen molar-refractivity contribution >= 4 is 0 Å². The predicted molar refractivity (Wildman–Crippen MR) is 42.0 cm³/mol. The molecule has 0 saturated carbocycles. The van der Waals surface area contributed by atoms with Crippen molar-refractivity contribution in [3.05, 3.63) is 0 Å². The van der Waals surface area contributed by atoms with Gasteiger partial charge in [0.05, 0.1) is 0 Å². The zero-order valence-corrected chi connectivity index (χ0v) is 6.71. The van der Waals surface area contributed by atoms with Crippen molar-refractivity contribution in [1.29, 1.82) is 0 Å². The Balaban J connectivity index is 2.02. The van der Waals surface area contributed by atoms with E-state index in [1.54, 1.807) is 0 Å². The molecule has 0 amide bonds. The first-order chi connectivity index (χ1) is 4.84. The average Bonchev–Trinajstić information content (AvgIpc) is 1.79. The number of rotatable bonds is 4. The second kappa shape index (κ2) is 3.94. The molecule has 1 unspecified atom stereocenters. The van der Waals surface area contributed by atoms with Crippen molar-refractivity contribution in [1.82, 2.24) is 4.90 Å². The van der Waals surface area contributed by atoms with Gasteiger partial charge in [0.25, 0.3) is 0 Å². The van der Waals surface area contributed by atoms with Crippen molar-refractivity contribution in [3.8, 4) is 0 Å². The van der Waals surface area contributed by atoms with E-state index in [1.807, 2.05) is 0 Å². The lowest BCUT2D eigenvalue weighted by atomic mass is 10.1. The first-order valence-electron chi connectivity index (χ1n) is 4.19. The largest absolute Gasteiger partial charge is 0.396 e. The number of nitrogens with zero attached hydrogens (tertiary/aromatic N) is 1. The molecule has 1 N–H and O–H groups in total. The van der Waals surface area contributed by atoms with Crippen LogP contribution in [0.15, 0.2) is 0 Å². The van der Waals surface area contributed by atoms with Gasteiger partial charge >= 0.3 is 0 Å². The molecule has 0 aliphatic carbocycles. The van der Waals surface area contributed by atoms with E-state index in [1.165, 1.54) is 19.5 Å². The average molecular weight is 143 g/mol. The second-order valence-corrected chi connectivity index (χ2v) is 3.10. The van der Waals surface area contributed by atoms with Crippen molar-refractivity contribution < 1.29 is 5.11 Å². The third kappa shape index (κ3) is 1.96. The maximum atomic E-state index is 8.57. The molecule has 0 aromatic rings. The van der Waals surface area contributed by atoms with E-state index in [-0.39, 0.29) is 0 Å². The Morgan fingerprint density at radius 1 is 1.50 bits per heavy atom. The van der Waals surface area contributed by atoms with E-state index in [0.29, 0.717) is 12.6 Å². The van der Waals surface area contributed by atoms with Gasteiger partial charge in [0.15, 0.2) is 0 Å². The SMILES string of the molecule is CC(CCCO)N1CCC1. The summed E-state index contributed by atoms with van der Waals surface area (Å²) in [6, 6.07) is 0.695. The smallest absolute Gasteiger partial charge is 0.0431 e. The second-order valence-electron chi connectivity index (χ2n) is 3.10. The number of hydrogen-bond donors (Lipinski definition) is 1. The molecule has 10 heavy (non-hydrogen) atoms. The molecule has 0 aromatic heterocycles. The molecule has 0 spiro atoms. The van der Waals surface area contributed by atoms with E-state index in [2.05, 4.69) is 11.8 Å². The number of aliphatic hydroxyl groups is 1. The summed E-state index contributed by atoms with van der Waals surface area (Å²) in [4.78, 5) is 2.47. The third-order valence-corrected chi connectivity index (χ3v) is 2.29. The van der Waals surface area contributed by atoms with Crippen LogP contribution in [0.5, 0.6) is 0 Å². The van der Waals surface area contributed by atoms with Gasteiger partial charge in [0.2, 0.25) is 0 Å². The van der Waals surface area contributed by atoms with Crippen LogP contribution in [0.2, 0.25) is 0 Å². The highest BCUT2D eigenvalue weighted by molar-refractivity contribution is 4.74. The minimum Gasteiger partial charge on any atom is -0.396 e. The Morgan fingerprint density at radius 2 is 2.20 bits per heavy atom. The maximum absolute atomic E-state index is 8.57. The van der Waals surface area contributed by atoms with Crippen LogP contribution >= 0.6 is 0 Å². The molecule has 60 valence electrons. The summed E-state index contributed by atoms with van der Waals surface area (Å²) >= 11 is 0. The summed E-state index contributed by atoms with van der Waals surface area (Å²) in [6.07, 6.45) is 3.47. The molecule has 2 nitrogen and oxygen atoms in total. The fourth-order valence-electron chi connectivity index (χ4n) is 1.35. The van der Waals surface area contributed by atoms with Crippen LogP contribution < -0.4 is 0 Å². The Kier molecular flexibility index (Phi) is 3.16. The lowest BCUT2D eigenvalue weighted by molar-refractivity contribution is 0.116. The topological polar surface area (TPSA) is 23.5 Å². The van der Waals surface area contributed by atoms with Gasteiger partial charge < -0.3 is 10.0 Å². The summed E-state index contributed by atoms with van der Waals surface area (Å²) in [6.45, 7) is 5.13. The lowest BCUT2D eigenvalue weighted by Gasteiger charge is -2.36. The van der Waals surface area contributed by atoms with Crippen LogP contribution in [0.4, 0.5) is 0 Å². The minimum absolute atomic E-state index is 0.345. The van der Waals surface area contributed by atoms with E-state index in [0.717, 1.165) is 12.8 Å². The molecular weight excluding hydrogens is 126 g/mol. The number of aliphatic hydroxyl groups excluding tert-OH is 1. The minimum atomic E-state index is 0.345. The molecule has 0 bridgehead atoms. The molecule has 1 rings (SSSR count). The number of hydrogen-bond acceptors (Lipinski definition) is 2. The van der Waals surface area contributed by atoms with Gasteiger partial charge in [-0.05, 0) is 39.3 Å². The van der Waals surface area contributed by atoms with Crippen molar-refractivity contribution in [2.24, 2.45) is 0 Å². The zero-order chi connectivity index (χ0) is 7.40. The lowest BCUT2D eigenvalue weighted by Crippen LogP contribution is -2.43. The van der Waals surface area contributed by atoms with Crippen molar-refractivity contribution in [2.45, 2.75) is 32.2 Å². The first kappa shape index (κ1) is 8.02. The fourth-order valence-corrected chi connectivity index (χ4v) is 1.35. The molecule has 2 heteroatoms. The monoisotopic (exact) mass is 143 g/mol. The molecular formula is C8H17NO. The van der Waals surface area contributed by atoms with Gasteiger partial charge in [-0.15, -0.1) is 0 Å². The van der Waals surface area contributed by atoms with E-state index >= 15 is 0 Å². The van der Waals surface area contributed by atoms with Crippen LogP contribution in [0.3, 0.4) is 0 Å². The Hall–Kier alpha value is -0.0800. The first-order valence-corrected chi connectivity index (χ1v) is 4.19. The quantitative estimate of drug-likeness (QED) is 0.630. The highest BCUT2D eigenvalue weighted by atomic mass is 16.2. The highest BCUT2D eigenvalue weighted by Crippen LogP contribution is 2.13. The fraction of sp³-hybridized carbons (Fsp3) is 1.00. The normalized spacial score (nSPS) is 22.2. The van der Waals surface area contributed by atoms with Gasteiger partial charge in [0, 0.05) is 12.6 Å². The van der Waals surface area contributed by atoms with E-state index in [4.69, 9.17) is 5.11 Å². The molecule has 1 atom stereocenters. The summed E-state index contributed by atoms with van der Waals surface area (Å²) in [7, 11) is 0. The maximum Gasteiger partial charge on any atom is 0.0431 e. The van der Waals surface area contributed by atoms with Crippen LogP contribution in [0, 0.1) is 0 Å². The Morgan fingerprint density at radius 3 is 2.60 bits per heavy atom. The summed E-state index contributed by atoms with van der Waals surface area (Å²) < 4.78 is 0. The summed E-state index contributed by atoms with van der Waals surface area (Å²) in [5, 5.41) is 8.57. The summed E-state index contributed by atoms with van der Waals surface area (Å²) in [5.41, 5.74) is 0. The molecule has 1 aliphatic heterocycles. The molecule has 1 heterocycles. The highest BCUT2D eigenvalue weighted by Gasteiger charge is 2.18. The van der Waals surface area contributed by atoms with Crippen molar-refractivity contribution in [2.75, 3.05) is 19.7 Å². The van der Waals surface area contributed by atoms with Crippen LogP contribution in [-0.2, 0) is 0 Å². The molecule has 0 radical (unpaired) electrons. The van der Waals surface area contributed by atoms with Gasteiger partial charge in [0.1, 0.15) is 0 Å². The van der Waals surface area contributed by atoms with Crippen molar-refractivity contribution in [3.63, 3.8) is 0 Å². The predicted octanol–water partition coefficient (Wildman–Crippen LogP) is 0.853. The van der Waals surface area contributed by atoms with Gasteiger partial charge in [-0.2, -0.15) is 0 Å². The molecule has 1 fully saturated rings. The molecule has 0 aromatic carbocycles. The Bertz CT molecular complexity index is 91.3. The van der Waals surface area contributed by atoms with Gasteiger partial charge in [-0.25, -0.2) is 0 Å². The standard InChI is InChI=1S/C8H17NO/c1-8(4-2-7-10)9-5-3-6-9/h8,10H,2-7H2,1H3. The Labute approximate surface area is 62.8 Å².